The molecule has 0 aromatic carbocycles. The lowest BCUT2D eigenvalue weighted by Gasteiger charge is -2.21. The molecule has 0 amide bonds. The van der Waals surface area contributed by atoms with E-state index >= 15 is 0 Å². The van der Waals surface area contributed by atoms with Gasteiger partial charge in [0.15, 0.2) is 11.4 Å². The molecule has 2 N–H and O–H groups in total. The van der Waals surface area contributed by atoms with E-state index in [1.807, 2.05) is 0 Å². The number of hydrogen-bond acceptors (Lipinski definition) is 4. The lowest BCUT2D eigenvalue weighted by molar-refractivity contribution is 0.0683. The third-order valence-electron chi connectivity index (χ3n) is 3.45. The van der Waals surface area contributed by atoms with Gasteiger partial charge in [-0.1, -0.05) is 19.3 Å². The molecule has 6 heteroatoms. The summed E-state index contributed by atoms with van der Waals surface area (Å²) < 4.78 is 5.56. The maximum atomic E-state index is 10.9. The third-order valence-corrected chi connectivity index (χ3v) is 3.45. The second-order valence-electron chi connectivity index (χ2n) is 5.00. The molecule has 0 radical (unpaired) electrons. The molecule has 0 spiro atoms. The van der Waals surface area contributed by atoms with Gasteiger partial charge in [0, 0.05) is 12.1 Å². The number of rotatable bonds is 5. The molecule has 1 aromatic heterocycles. The van der Waals surface area contributed by atoms with E-state index in [0.29, 0.717) is 12.5 Å². The van der Waals surface area contributed by atoms with Crippen LogP contribution in [0.3, 0.4) is 0 Å². The smallest absolute Gasteiger partial charge is 0.354 e. The Balaban J connectivity index is 2.09. The zero-order valence-electron chi connectivity index (χ0n) is 11.0. The minimum Gasteiger partial charge on any atom is -0.493 e. The maximum Gasteiger partial charge on any atom is 0.354 e. The van der Waals surface area contributed by atoms with Crippen molar-refractivity contribution in [1.82, 2.24) is 4.98 Å². The molecule has 0 unspecified atom stereocenters. The number of pyridine rings is 1. The molecule has 1 heterocycles. The Bertz CT molecular complexity index is 476. The van der Waals surface area contributed by atoms with Crippen LogP contribution >= 0.6 is 0 Å². The second-order valence-corrected chi connectivity index (χ2v) is 5.00. The molecule has 1 aliphatic rings. The first kappa shape index (κ1) is 14.3. The predicted octanol–water partition coefficient (Wildman–Crippen LogP) is 2.44. The summed E-state index contributed by atoms with van der Waals surface area (Å²) in [4.78, 5) is 25.4. The van der Waals surface area contributed by atoms with Crippen molar-refractivity contribution in [1.29, 1.82) is 0 Å². The van der Waals surface area contributed by atoms with Gasteiger partial charge in [-0.3, -0.25) is 0 Å². The first-order chi connectivity index (χ1) is 9.56. The highest BCUT2D eigenvalue weighted by Gasteiger charge is 2.17. The number of aromatic carboxylic acids is 2. The molecular formula is C14H17NO5. The molecule has 1 saturated carbocycles. The third kappa shape index (κ3) is 3.69. The SMILES string of the molecule is O=C(O)c1cc(OCC2CCCCC2)cc(C(=O)O)n1. The van der Waals surface area contributed by atoms with Crippen LogP contribution in [-0.2, 0) is 0 Å². The summed E-state index contributed by atoms with van der Waals surface area (Å²) >= 11 is 0. The standard InChI is InChI=1S/C14H17NO5/c16-13(17)11-6-10(7-12(15-11)14(18)19)20-8-9-4-2-1-3-5-9/h6-7,9H,1-5,8H2,(H,16,17)(H,18,19). The summed E-state index contributed by atoms with van der Waals surface area (Å²) in [6.45, 7) is 0.488. The Morgan fingerprint density at radius 1 is 1.10 bits per heavy atom. The van der Waals surface area contributed by atoms with Crippen LogP contribution in [-0.4, -0.2) is 33.7 Å². The van der Waals surface area contributed by atoms with E-state index in [-0.39, 0.29) is 17.1 Å². The van der Waals surface area contributed by atoms with Gasteiger partial charge in [0.2, 0.25) is 0 Å². The predicted molar refractivity (Wildman–Crippen MR) is 70.2 cm³/mol. The zero-order valence-corrected chi connectivity index (χ0v) is 11.0. The molecule has 6 nitrogen and oxygen atoms in total. The summed E-state index contributed by atoms with van der Waals surface area (Å²) in [5.41, 5.74) is -0.632. The average molecular weight is 279 g/mol. The summed E-state index contributed by atoms with van der Waals surface area (Å²) in [5, 5.41) is 17.8. The van der Waals surface area contributed by atoms with Crippen molar-refractivity contribution in [3.05, 3.63) is 23.5 Å². The van der Waals surface area contributed by atoms with Crippen LogP contribution in [0.1, 0.15) is 53.1 Å². The van der Waals surface area contributed by atoms with Gasteiger partial charge < -0.3 is 14.9 Å². The van der Waals surface area contributed by atoms with Crippen molar-refractivity contribution in [3.63, 3.8) is 0 Å². The Morgan fingerprint density at radius 3 is 2.15 bits per heavy atom. The minimum atomic E-state index is -1.27. The summed E-state index contributed by atoms with van der Waals surface area (Å²) in [6.07, 6.45) is 5.82. The summed E-state index contributed by atoms with van der Waals surface area (Å²) in [7, 11) is 0. The molecule has 1 aliphatic carbocycles. The fourth-order valence-electron chi connectivity index (χ4n) is 2.38. The maximum absolute atomic E-state index is 10.9. The Morgan fingerprint density at radius 2 is 1.65 bits per heavy atom. The zero-order chi connectivity index (χ0) is 14.5. The van der Waals surface area contributed by atoms with Gasteiger partial charge in [-0.05, 0) is 18.8 Å². The molecule has 2 rings (SSSR count). The quantitative estimate of drug-likeness (QED) is 0.859. The van der Waals surface area contributed by atoms with Gasteiger partial charge >= 0.3 is 11.9 Å². The first-order valence-electron chi connectivity index (χ1n) is 6.67. The molecule has 0 saturated heterocycles. The van der Waals surface area contributed by atoms with Crippen LogP contribution in [0.5, 0.6) is 5.75 Å². The molecule has 0 atom stereocenters. The Labute approximate surface area is 116 Å². The number of ether oxygens (including phenoxy) is 1. The normalized spacial score (nSPS) is 15.8. The van der Waals surface area contributed by atoms with Crippen LogP contribution in [0.4, 0.5) is 0 Å². The van der Waals surface area contributed by atoms with E-state index in [1.54, 1.807) is 0 Å². The van der Waals surface area contributed by atoms with Crippen molar-refractivity contribution in [2.75, 3.05) is 6.61 Å². The average Bonchev–Trinajstić information content (AvgIpc) is 2.45. The molecule has 1 aromatic rings. The van der Waals surface area contributed by atoms with Crippen molar-refractivity contribution < 1.29 is 24.5 Å². The Hall–Kier alpha value is -2.11. The highest BCUT2D eigenvalue weighted by Crippen LogP contribution is 2.25. The molecule has 1 fully saturated rings. The lowest BCUT2D eigenvalue weighted by atomic mass is 9.90. The molecule has 20 heavy (non-hydrogen) atoms. The van der Waals surface area contributed by atoms with E-state index in [1.165, 1.54) is 31.4 Å². The first-order valence-corrected chi connectivity index (χ1v) is 6.67. The largest absolute Gasteiger partial charge is 0.493 e. The second kappa shape index (κ2) is 6.36. The van der Waals surface area contributed by atoms with Gasteiger partial charge in [0.25, 0.3) is 0 Å². The molecule has 0 bridgehead atoms. The molecule has 0 aliphatic heterocycles. The van der Waals surface area contributed by atoms with Crippen LogP contribution in [0.2, 0.25) is 0 Å². The van der Waals surface area contributed by atoms with Gasteiger partial charge in [-0.25, -0.2) is 14.6 Å². The highest BCUT2D eigenvalue weighted by atomic mass is 16.5. The van der Waals surface area contributed by atoms with E-state index in [4.69, 9.17) is 14.9 Å². The number of hydrogen-bond donors (Lipinski definition) is 2. The lowest BCUT2D eigenvalue weighted by Crippen LogP contribution is -2.16. The van der Waals surface area contributed by atoms with E-state index < -0.39 is 11.9 Å². The van der Waals surface area contributed by atoms with Crippen LogP contribution in [0.25, 0.3) is 0 Å². The van der Waals surface area contributed by atoms with E-state index in [9.17, 15) is 9.59 Å². The number of carboxylic acid groups (broad SMARTS) is 2. The Kier molecular flexibility index (Phi) is 4.55. The number of carboxylic acids is 2. The van der Waals surface area contributed by atoms with Gasteiger partial charge in [0.1, 0.15) is 5.75 Å². The number of carbonyl (C=O) groups is 2. The van der Waals surface area contributed by atoms with Crippen molar-refractivity contribution in [2.24, 2.45) is 5.92 Å². The highest BCUT2D eigenvalue weighted by molar-refractivity contribution is 5.90. The van der Waals surface area contributed by atoms with Crippen LogP contribution in [0, 0.1) is 5.92 Å². The topological polar surface area (TPSA) is 96.7 Å². The van der Waals surface area contributed by atoms with E-state index in [0.717, 1.165) is 12.8 Å². The van der Waals surface area contributed by atoms with Crippen LogP contribution in [0.15, 0.2) is 12.1 Å². The van der Waals surface area contributed by atoms with Gasteiger partial charge in [0.05, 0.1) is 6.61 Å². The summed E-state index contributed by atoms with van der Waals surface area (Å²) in [6, 6.07) is 2.52. The van der Waals surface area contributed by atoms with Crippen molar-refractivity contribution >= 4 is 11.9 Å². The monoisotopic (exact) mass is 279 g/mol. The fraction of sp³-hybridized carbons (Fsp3) is 0.500. The summed E-state index contributed by atoms with van der Waals surface area (Å²) in [5.74, 6) is -1.83. The molecular weight excluding hydrogens is 262 g/mol. The van der Waals surface area contributed by atoms with Crippen LogP contribution < -0.4 is 4.74 Å². The van der Waals surface area contributed by atoms with E-state index in [2.05, 4.69) is 4.98 Å². The van der Waals surface area contributed by atoms with Crippen molar-refractivity contribution in [2.45, 2.75) is 32.1 Å². The van der Waals surface area contributed by atoms with Gasteiger partial charge in [-0.2, -0.15) is 0 Å². The molecule has 108 valence electrons. The number of aromatic nitrogens is 1. The minimum absolute atomic E-state index is 0.250. The fourth-order valence-corrected chi connectivity index (χ4v) is 2.38. The van der Waals surface area contributed by atoms with Crippen molar-refractivity contribution in [3.8, 4) is 5.75 Å². The number of nitrogens with zero attached hydrogens (tertiary/aromatic N) is 1. The van der Waals surface area contributed by atoms with Gasteiger partial charge in [-0.15, -0.1) is 0 Å².